The van der Waals surface area contributed by atoms with Gasteiger partial charge in [0.2, 0.25) is 0 Å². The van der Waals surface area contributed by atoms with Crippen molar-refractivity contribution in [2.45, 2.75) is 31.5 Å². The van der Waals surface area contributed by atoms with Crippen LogP contribution in [0.25, 0.3) is 0 Å². The Balaban J connectivity index is 2.07. The van der Waals surface area contributed by atoms with Crippen LogP contribution in [0.15, 0.2) is 54.0 Å². The van der Waals surface area contributed by atoms with Crippen molar-refractivity contribution < 1.29 is 9.47 Å². The van der Waals surface area contributed by atoms with Crippen LogP contribution >= 0.6 is 46.1 Å². The van der Waals surface area contributed by atoms with E-state index in [0.717, 1.165) is 10.6 Å². The van der Waals surface area contributed by atoms with Crippen LogP contribution in [0.5, 0.6) is 5.75 Å². The largest absolute Gasteiger partial charge is 0.487 e. The highest BCUT2D eigenvalue weighted by Crippen LogP contribution is 2.41. The lowest BCUT2D eigenvalue weighted by Crippen LogP contribution is -2.46. The van der Waals surface area contributed by atoms with Crippen LogP contribution in [0.2, 0.25) is 15.1 Å². The molecule has 2 unspecified atom stereocenters. The molecular formula is C21H20Cl3NO2S. The molecule has 0 radical (unpaired) electrons. The SMILES string of the molecule is CCC(Oc1ccc(Cl)cc1)C(Cc1nccs1)(OC)c1ccc(Cl)cc1Cl. The van der Waals surface area contributed by atoms with Crippen LogP contribution in [0.1, 0.15) is 23.9 Å². The van der Waals surface area contributed by atoms with Gasteiger partial charge in [0.25, 0.3) is 0 Å². The second-order valence-corrected chi connectivity index (χ2v) is 8.55. The van der Waals surface area contributed by atoms with Crippen LogP contribution in [0, 0.1) is 0 Å². The van der Waals surface area contributed by atoms with Gasteiger partial charge in [-0.1, -0.05) is 47.8 Å². The molecule has 0 saturated carbocycles. The first-order valence-electron chi connectivity index (χ1n) is 8.79. The molecule has 0 saturated heterocycles. The smallest absolute Gasteiger partial charge is 0.137 e. The van der Waals surface area contributed by atoms with Gasteiger partial charge in [0.05, 0.1) is 5.01 Å². The van der Waals surface area contributed by atoms with E-state index < -0.39 is 5.60 Å². The Morgan fingerprint density at radius 1 is 1.07 bits per heavy atom. The van der Waals surface area contributed by atoms with Crippen LogP contribution in [0.3, 0.4) is 0 Å². The fraction of sp³-hybridized carbons (Fsp3) is 0.286. The quantitative estimate of drug-likeness (QED) is 0.364. The lowest BCUT2D eigenvalue weighted by atomic mass is 9.83. The van der Waals surface area contributed by atoms with Gasteiger partial charge < -0.3 is 9.47 Å². The number of aromatic nitrogens is 1. The van der Waals surface area contributed by atoms with Crippen molar-refractivity contribution in [3.8, 4) is 5.75 Å². The third kappa shape index (κ3) is 4.64. The molecule has 1 heterocycles. The van der Waals surface area contributed by atoms with Gasteiger partial charge in [0.15, 0.2) is 0 Å². The van der Waals surface area contributed by atoms with E-state index in [1.54, 1.807) is 42.8 Å². The molecule has 28 heavy (non-hydrogen) atoms. The standard InChI is InChI=1S/C21H20Cl3NO2S/c1-3-19(27-16-7-4-14(22)5-8-16)21(26-2,13-20-25-10-11-28-20)17-9-6-15(23)12-18(17)24/h4-12,19H,3,13H2,1-2H3. The van der Waals surface area contributed by atoms with E-state index in [1.165, 1.54) is 0 Å². The van der Waals surface area contributed by atoms with Crippen molar-refractivity contribution in [2.75, 3.05) is 7.11 Å². The Morgan fingerprint density at radius 3 is 2.36 bits per heavy atom. The van der Waals surface area contributed by atoms with Crippen LogP contribution in [0.4, 0.5) is 0 Å². The van der Waals surface area contributed by atoms with Crippen molar-refractivity contribution in [1.29, 1.82) is 0 Å². The molecule has 3 aromatic rings. The normalized spacial score (nSPS) is 14.5. The van der Waals surface area contributed by atoms with Gasteiger partial charge in [0.1, 0.15) is 17.5 Å². The molecule has 0 bridgehead atoms. The zero-order chi connectivity index (χ0) is 20.1. The minimum atomic E-state index is -0.839. The van der Waals surface area contributed by atoms with Gasteiger partial charge in [-0.15, -0.1) is 11.3 Å². The Hall–Kier alpha value is -1.30. The molecule has 0 aliphatic rings. The summed E-state index contributed by atoms with van der Waals surface area (Å²) in [6.07, 6.45) is 2.68. The van der Waals surface area contributed by atoms with Crippen molar-refractivity contribution in [3.05, 3.63) is 79.7 Å². The van der Waals surface area contributed by atoms with Crippen molar-refractivity contribution in [1.82, 2.24) is 4.98 Å². The van der Waals surface area contributed by atoms with E-state index in [4.69, 9.17) is 44.3 Å². The maximum atomic E-state index is 6.60. The van der Waals surface area contributed by atoms with E-state index in [9.17, 15) is 0 Å². The van der Waals surface area contributed by atoms with E-state index in [-0.39, 0.29) is 6.10 Å². The summed E-state index contributed by atoms with van der Waals surface area (Å²) >= 11 is 20.3. The molecule has 2 atom stereocenters. The summed E-state index contributed by atoms with van der Waals surface area (Å²) in [5.41, 5.74) is -0.0226. The van der Waals surface area contributed by atoms with Crippen LogP contribution in [-0.4, -0.2) is 18.2 Å². The van der Waals surface area contributed by atoms with Crippen molar-refractivity contribution in [2.24, 2.45) is 0 Å². The van der Waals surface area contributed by atoms with Gasteiger partial charge in [-0.05, 0) is 42.8 Å². The number of thiazole rings is 1. The van der Waals surface area contributed by atoms with Gasteiger partial charge in [0, 0.05) is 45.7 Å². The average Bonchev–Trinajstić information content (AvgIpc) is 3.19. The van der Waals surface area contributed by atoms with Crippen LogP contribution in [-0.2, 0) is 16.8 Å². The zero-order valence-electron chi connectivity index (χ0n) is 15.5. The predicted molar refractivity (Wildman–Crippen MR) is 117 cm³/mol. The average molecular weight is 457 g/mol. The number of nitrogens with zero attached hydrogens (tertiary/aromatic N) is 1. The molecule has 148 valence electrons. The fourth-order valence-electron chi connectivity index (χ4n) is 3.28. The minimum Gasteiger partial charge on any atom is -0.487 e. The first-order chi connectivity index (χ1) is 13.5. The summed E-state index contributed by atoms with van der Waals surface area (Å²) in [4.78, 5) is 4.45. The molecule has 0 aliphatic heterocycles. The van der Waals surface area contributed by atoms with E-state index >= 15 is 0 Å². The number of methoxy groups -OCH3 is 1. The Morgan fingerprint density at radius 2 is 1.79 bits per heavy atom. The summed E-state index contributed by atoms with van der Waals surface area (Å²) in [5, 5.41) is 4.64. The highest BCUT2D eigenvalue weighted by Gasteiger charge is 2.44. The molecule has 0 fully saturated rings. The first-order valence-corrected chi connectivity index (χ1v) is 10.8. The van der Waals surface area contributed by atoms with E-state index in [0.29, 0.717) is 33.7 Å². The summed E-state index contributed by atoms with van der Waals surface area (Å²) in [6, 6.07) is 12.7. The zero-order valence-corrected chi connectivity index (χ0v) is 18.6. The Bertz CT molecular complexity index is 903. The molecule has 2 aromatic carbocycles. The van der Waals surface area contributed by atoms with Crippen molar-refractivity contribution in [3.63, 3.8) is 0 Å². The maximum absolute atomic E-state index is 6.60. The van der Waals surface area contributed by atoms with Crippen molar-refractivity contribution >= 4 is 46.1 Å². The highest BCUT2D eigenvalue weighted by atomic mass is 35.5. The monoisotopic (exact) mass is 455 g/mol. The minimum absolute atomic E-state index is 0.318. The second-order valence-electron chi connectivity index (χ2n) is 6.29. The lowest BCUT2D eigenvalue weighted by Gasteiger charge is -2.39. The number of benzene rings is 2. The van der Waals surface area contributed by atoms with E-state index in [2.05, 4.69) is 11.9 Å². The molecule has 1 aromatic heterocycles. The molecule has 3 rings (SSSR count). The number of halogens is 3. The lowest BCUT2D eigenvalue weighted by molar-refractivity contribution is -0.0987. The second kappa shape index (κ2) is 9.47. The number of hydrogen-bond donors (Lipinski definition) is 0. The third-order valence-electron chi connectivity index (χ3n) is 4.63. The first kappa shape index (κ1) is 21.4. The molecule has 0 amide bonds. The van der Waals surface area contributed by atoms with Gasteiger partial charge in [-0.2, -0.15) is 0 Å². The molecule has 0 aliphatic carbocycles. The Kier molecular flexibility index (Phi) is 7.24. The molecule has 0 N–H and O–H groups in total. The fourth-order valence-corrected chi connectivity index (χ4v) is 4.67. The number of rotatable bonds is 8. The maximum Gasteiger partial charge on any atom is 0.137 e. The molecule has 7 heteroatoms. The van der Waals surface area contributed by atoms with Gasteiger partial charge in [-0.25, -0.2) is 4.98 Å². The number of hydrogen-bond acceptors (Lipinski definition) is 4. The highest BCUT2D eigenvalue weighted by molar-refractivity contribution is 7.09. The van der Waals surface area contributed by atoms with E-state index in [1.807, 2.05) is 29.6 Å². The third-order valence-corrected chi connectivity index (χ3v) is 6.21. The summed E-state index contributed by atoms with van der Waals surface area (Å²) in [7, 11) is 1.67. The van der Waals surface area contributed by atoms with Crippen LogP contribution < -0.4 is 4.74 Å². The molecule has 0 spiro atoms. The van der Waals surface area contributed by atoms with Gasteiger partial charge in [-0.3, -0.25) is 0 Å². The molecular weight excluding hydrogens is 437 g/mol. The Labute approximate surface area is 184 Å². The topological polar surface area (TPSA) is 31.4 Å². The molecule has 3 nitrogen and oxygen atoms in total. The predicted octanol–water partition coefficient (Wildman–Crippen LogP) is 7.05. The van der Waals surface area contributed by atoms with Gasteiger partial charge >= 0.3 is 0 Å². The summed E-state index contributed by atoms with van der Waals surface area (Å²) in [5.74, 6) is 0.710. The summed E-state index contributed by atoms with van der Waals surface area (Å²) < 4.78 is 12.5. The number of ether oxygens (including phenoxy) is 2. The summed E-state index contributed by atoms with van der Waals surface area (Å²) in [6.45, 7) is 2.06.